The Morgan fingerprint density at radius 1 is 1.29 bits per heavy atom. The molecule has 1 saturated heterocycles. The first-order valence-electron chi connectivity index (χ1n) is 8.30. The number of amides is 1. The quantitative estimate of drug-likeness (QED) is 0.900. The normalized spacial score (nSPS) is 15.5. The number of nitrogens with one attached hydrogen (secondary N) is 1. The van der Waals surface area contributed by atoms with Crippen molar-refractivity contribution in [3.63, 3.8) is 0 Å². The van der Waals surface area contributed by atoms with Gasteiger partial charge in [-0.15, -0.1) is 11.3 Å². The Hall–Kier alpha value is -1.99. The molecule has 6 nitrogen and oxygen atoms in total. The second kappa shape index (κ2) is 7.72. The van der Waals surface area contributed by atoms with Gasteiger partial charge in [0.1, 0.15) is 5.82 Å². The molecule has 0 aromatic carbocycles. The van der Waals surface area contributed by atoms with Crippen LogP contribution in [-0.2, 0) is 11.2 Å². The highest BCUT2D eigenvalue weighted by Crippen LogP contribution is 2.22. The smallest absolute Gasteiger partial charge is 0.240 e. The lowest BCUT2D eigenvalue weighted by atomic mass is 10.3. The first kappa shape index (κ1) is 16.9. The van der Waals surface area contributed by atoms with Crippen LogP contribution in [0, 0.1) is 6.92 Å². The second-order valence-electron chi connectivity index (χ2n) is 5.87. The molecule has 3 rings (SSSR count). The summed E-state index contributed by atoms with van der Waals surface area (Å²) in [5, 5.41) is 3.64. The van der Waals surface area contributed by atoms with Crippen LogP contribution in [-0.4, -0.2) is 53.5 Å². The van der Waals surface area contributed by atoms with Crippen LogP contribution in [0.5, 0.6) is 0 Å². The lowest BCUT2D eigenvalue weighted by molar-refractivity contribution is -0.117. The van der Waals surface area contributed by atoms with Gasteiger partial charge in [0, 0.05) is 37.3 Å². The SMILES string of the molecule is CCc1nc(NC(=O)CN2CCN(c3ccccn3)CC2)sc1C. The number of hydrogen-bond donors (Lipinski definition) is 1. The molecule has 1 aliphatic rings. The summed E-state index contributed by atoms with van der Waals surface area (Å²) in [5.41, 5.74) is 1.07. The maximum atomic E-state index is 12.2. The van der Waals surface area contributed by atoms with E-state index in [1.165, 1.54) is 4.88 Å². The Balaban J connectivity index is 1.48. The minimum Gasteiger partial charge on any atom is -0.354 e. The van der Waals surface area contributed by atoms with E-state index in [-0.39, 0.29) is 5.91 Å². The van der Waals surface area contributed by atoms with Crippen molar-refractivity contribution >= 4 is 28.2 Å². The fourth-order valence-electron chi connectivity index (χ4n) is 2.85. The Labute approximate surface area is 146 Å². The largest absolute Gasteiger partial charge is 0.354 e. The number of carbonyl (C=O) groups excluding carboxylic acids is 1. The summed E-state index contributed by atoms with van der Waals surface area (Å²) in [6.07, 6.45) is 2.71. The van der Waals surface area contributed by atoms with Crippen LogP contribution in [0.4, 0.5) is 10.9 Å². The fraction of sp³-hybridized carbons (Fsp3) is 0.471. The molecule has 0 spiro atoms. The molecule has 24 heavy (non-hydrogen) atoms. The first-order valence-corrected chi connectivity index (χ1v) is 9.12. The van der Waals surface area contributed by atoms with Crippen molar-refractivity contribution in [2.24, 2.45) is 0 Å². The minimum absolute atomic E-state index is 0.0117. The molecule has 1 fully saturated rings. The highest BCUT2D eigenvalue weighted by atomic mass is 32.1. The molecule has 128 valence electrons. The van der Waals surface area contributed by atoms with E-state index in [2.05, 4.69) is 32.0 Å². The molecule has 7 heteroatoms. The molecule has 0 radical (unpaired) electrons. The molecule has 3 heterocycles. The van der Waals surface area contributed by atoms with Gasteiger partial charge in [-0.1, -0.05) is 13.0 Å². The number of pyridine rings is 1. The lowest BCUT2D eigenvalue weighted by Crippen LogP contribution is -2.48. The van der Waals surface area contributed by atoms with Crippen LogP contribution in [0.1, 0.15) is 17.5 Å². The van der Waals surface area contributed by atoms with E-state index in [0.29, 0.717) is 11.7 Å². The van der Waals surface area contributed by atoms with Gasteiger partial charge in [0.25, 0.3) is 0 Å². The molecule has 0 aliphatic carbocycles. The Morgan fingerprint density at radius 2 is 2.08 bits per heavy atom. The number of thiazole rings is 1. The highest BCUT2D eigenvalue weighted by Gasteiger charge is 2.20. The topological polar surface area (TPSA) is 61.4 Å². The third-order valence-electron chi connectivity index (χ3n) is 4.19. The molecular weight excluding hydrogens is 322 g/mol. The predicted molar refractivity (Wildman–Crippen MR) is 97.7 cm³/mol. The van der Waals surface area contributed by atoms with Crippen LogP contribution < -0.4 is 10.2 Å². The van der Waals surface area contributed by atoms with Crippen LogP contribution in [0.15, 0.2) is 24.4 Å². The van der Waals surface area contributed by atoms with E-state index >= 15 is 0 Å². The number of hydrogen-bond acceptors (Lipinski definition) is 6. The van der Waals surface area contributed by atoms with E-state index in [0.717, 1.165) is 44.1 Å². The van der Waals surface area contributed by atoms with Crippen molar-refractivity contribution in [3.8, 4) is 0 Å². The molecule has 2 aromatic rings. The molecule has 1 aliphatic heterocycles. The third-order valence-corrected chi connectivity index (χ3v) is 5.12. The predicted octanol–water partition coefficient (Wildman–Crippen LogP) is 2.17. The van der Waals surface area contributed by atoms with Crippen molar-refractivity contribution in [1.82, 2.24) is 14.9 Å². The van der Waals surface area contributed by atoms with Crippen molar-refractivity contribution in [2.45, 2.75) is 20.3 Å². The molecule has 2 aromatic heterocycles. The van der Waals surface area contributed by atoms with Crippen LogP contribution in [0.25, 0.3) is 0 Å². The average molecular weight is 345 g/mol. The van der Waals surface area contributed by atoms with Gasteiger partial charge in [0.05, 0.1) is 12.2 Å². The zero-order chi connectivity index (χ0) is 16.9. The Kier molecular flexibility index (Phi) is 5.42. The lowest BCUT2D eigenvalue weighted by Gasteiger charge is -2.34. The van der Waals surface area contributed by atoms with E-state index < -0.39 is 0 Å². The summed E-state index contributed by atoms with van der Waals surface area (Å²) in [7, 11) is 0. The summed E-state index contributed by atoms with van der Waals surface area (Å²) < 4.78 is 0. The average Bonchev–Trinajstić information content (AvgIpc) is 2.95. The molecule has 0 bridgehead atoms. The summed E-state index contributed by atoms with van der Waals surface area (Å²) in [5.74, 6) is 1.02. The van der Waals surface area contributed by atoms with Gasteiger partial charge in [0.15, 0.2) is 5.13 Å². The van der Waals surface area contributed by atoms with Crippen molar-refractivity contribution in [1.29, 1.82) is 0 Å². The van der Waals surface area contributed by atoms with Gasteiger partial charge in [0.2, 0.25) is 5.91 Å². The standard InChI is InChI=1S/C17H23N5OS/c1-3-14-13(2)24-17(19-14)20-16(23)12-21-8-10-22(11-9-21)15-6-4-5-7-18-15/h4-7H,3,8-12H2,1-2H3,(H,19,20,23). The van der Waals surface area contributed by atoms with Crippen molar-refractivity contribution in [3.05, 3.63) is 35.0 Å². The number of aryl methyl sites for hydroxylation is 2. The summed E-state index contributed by atoms with van der Waals surface area (Å²) >= 11 is 1.55. The van der Waals surface area contributed by atoms with Gasteiger partial charge >= 0.3 is 0 Å². The van der Waals surface area contributed by atoms with E-state index in [9.17, 15) is 4.79 Å². The number of carbonyl (C=O) groups is 1. The summed E-state index contributed by atoms with van der Waals surface area (Å²) in [4.78, 5) is 26.7. The molecule has 0 saturated carbocycles. The maximum absolute atomic E-state index is 12.2. The van der Waals surface area contributed by atoms with Gasteiger partial charge in [-0.25, -0.2) is 9.97 Å². The molecule has 1 N–H and O–H groups in total. The second-order valence-corrected chi connectivity index (χ2v) is 7.08. The van der Waals surface area contributed by atoms with Crippen molar-refractivity contribution < 1.29 is 4.79 Å². The van der Waals surface area contributed by atoms with Gasteiger partial charge < -0.3 is 10.2 Å². The Morgan fingerprint density at radius 3 is 2.71 bits per heavy atom. The maximum Gasteiger partial charge on any atom is 0.240 e. The van der Waals surface area contributed by atoms with Gasteiger partial charge in [-0.05, 0) is 25.5 Å². The van der Waals surface area contributed by atoms with E-state index in [1.807, 2.05) is 31.3 Å². The Bertz CT molecular complexity index is 680. The van der Waals surface area contributed by atoms with Crippen LogP contribution in [0.3, 0.4) is 0 Å². The fourth-order valence-corrected chi connectivity index (χ4v) is 3.77. The molecule has 0 atom stereocenters. The number of aromatic nitrogens is 2. The third kappa shape index (κ3) is 4.10. The van der Waals surface area contributed by atoms with Crippen LogP contribution >= 0.6 is 11.3 Å². The minimum atomic E-state index is 0.0117. The van der Waals surface area contributed by atoms with E-state index in [1.54, 1.807) is 11.3 Å². The first-order chi connectivity index (χ1) is 11.7. The zero-order valence-electron chi connectivity index (χ0n) is 14.2. The molecule has 0 unspecified atom stereocenters. The van der Waals surface area contributed by atoms with Gasteiger partial charge in [-0.2, -0.15) is 0 Å². The van der Waals surface area contributed by atoms with E-state index in [4.69, 9.17) is 0 Å². The number of rotatable bonds is 5. The number of piperazine rings is 1. The molecule has 1 amide bonds. The monoisotopic (exact) mass is 345 g/mol. The van der Waals surface area contributed by atoms with Crippen molar-refractivity contribution in [2.75, 3.05) is 42.9 Å². The van der Waals surface area contributed by atoms with Crippen LogP contribution in [0.2, 0.25) is 0 Å². The number of anilines is 2. The highest BCUT2D eigenvalue weighted by molar-refractivity contribution is 7.15. The molecular formula is C17H23N5OS. The zero-order valence-corrected chi connectivity index (χ0v) is 15.0. The number of nitrogens with zero attached hydrogens (tertiary/aromatic N) is 4. The summed E-state index contributed by atoms with van der Waals surface area (Å²) in [6.45, 7) is 8.04. The van der Waals surface area contributed by atoms with Gasteiger partial charge in [-0.3, -0.25) is 9.69 Å². The summed E-state index contributed by atoms with van der Waals surface area (Å²) in [6, 6.07) is 5.95.